The summed E-state index contributed by atoms with van der Waals surface area (Å²) >= 11 is 0. The van der Waals surface area contributed by atoms with Gasteiger partial charge in [0.05, 0.1) is 13.5 Å². The van der Waals surface area contributed by atoms with Gasteiger partial charge in [0.2, 0.25) is 5.91 Å². The molecule has 0 aliphatic carbocycles. The van der Waals surface area contributed by atoms with E-state index in [0.29, 0.717) is 19.5 Å². The van der Waals surface area contributed by atoms with E-state index in [1.807, 2.05) is 49.9 Å². The summed E-state index contributed by atoms with van der Waals surface area (Å²) in [6.07, 6.45) is 1.93. The molecule has 0 unspecified atom stereocenters. The fraction of sp³-hybridized carbons (Fsp3) is 0.579. The molecular weight excluding hydrogens is 318 g/mol. The summed E-state index contributed by atoms with van der Waals surface area (Å²) in [5.41, 5.74) is 0.700. The number of methoxy groups -OCH3 is 1. The Morgan fingerprint density at radius 1 is 1.24 bits per heavy atom. The molecule has 3 amide bonds. The van der Waals surface area contributed by atoms with E-state index in [9.17, 15) is 9.59 Å². The third-order valence-electron chi connectivity index (χ3n) is 4.16. The maximum Gasteiger partial charge on any atom is 0.315 e. The number of hydrogen-bond donors (Lipinski definition) is 2. The van der Waals surface area contributed by atoms with Crippen molar-refractivity contribution in [3.05, 3.63) is 29.8 Å². The van der Waals surface area contributed by atoms with Gasteiger partial charge in [-0.25, -0.2) is 4.79 Å². The van der Waals surface area contributed by atoms with Gasteiger partial charge in [0.25, 0.3) is 0 Å². The second kappa shape index (κ2) is 8.23. The molecule has 0 saturated carbocycles. The molecule has 138 valence electrons. The molecule has 1 aliphatic heterocycles. The summed E-state index contributed by atoms with van der Waals surface area (Å²) in [4.78, 5) is 26.3. The molecule has 25 heavy (non-hydrogen) atoms. The van der Waals surface area contributed by atoms with Crippen LogP contribution in [0.4, 0.5) is 4.79 Å². The summed E-state index contributed by atoms with van der Waals surface area (Å²) in [7, 11) is 1.62. The second-order valence-electron chi connectivity index (χ2n) is 7.53. The van der Waals surface area contributed by atoms with Crippen LogP contribution < -0.4 is 15.4 Å². The second-order valence-corrected chi connectivity index (χ2v) is 7.53. The van der Waals surface area contributed by atoms with Crippen molar-refractivity contribution in [3.8, 4) is 5.75 Å². The molecule has 0 spiro atoms. The van der Waals surface area contributed by atoms with Crippen LogP contribution in [0.3, 0.4) is 0 Å². The van der Waals surface area contributed by atoms with Gasteiger partial charge in [-0.1, -0.05) is 12.1 Å². The van der Waals surface area contributed by atoms with Gasteiger partial charge in [0.15, 0.2) is 0 Å². The van der Waals surface area contributed by atoms with Crippen molar-refractivity contribution >= 4 is 11.9 Å². The largest absolute Gasteiger partial charge is 0.497 e. The van der Waals surface area contributed by atoms with Gasteiger partial charge < -0.3 is 20.3 Å². The van der Waals surface area contributed by atoms with E-state index in [1.54, 1.807) is 7.11 Å². The van der Waals surface area contributed by atoms with Crippen molar-refractivity contribution in [1.29, 1.82) is 0 Å². The molecule has 6 nitrogen and oxygen atoms in total. The minimum Gasteiger partial charge on any atom is -0.497 e. The Bertz CT molecular complexity index is 602. The van der Waals surface area contributed by atoms with Crippen LogP contribution in [-0.4, -0.2) is 48.6 Å². The van der Waals surface area contributed by atoms with Gasteiger partial charge in [0, 0.05) is 24.7 Å². The van der Waals surface area contributed by atoms with Crippen molar-refractivity contribution in [2.75, 3.05) is 20.2 Å². The number of amides is 3. The Kier molecular flexibility index (Phi) is 6.28. The van der Waals surface area contributed by atoms with Crippen LogP contribution in [0.2, 0.25) is 0 Å². The number of carbonyl (C=O) groups excluding carboxylic acids is 2. The summed E-state index contributed by atoms with van der Waals surface area (Å²) in [5, 5.41) is 5.90. The number of carbonyl (C=O) groups is 2. The molecule has 0 radical (unpaired) electrons. The summed E-state index contributed by atoms with van der Waals surface area (Å²) < 4.78 is 5.20. The Hall–Kier alpha value is -2.24. The normalized spacial score (nSPS) is 15.6. The highest BCUT2D eigenvalue weighted by molar-refractivity contribution is 5.79. The van der Waals surface area contributed by atoms with E-state index in [4.69, 9.17) is 4.74 Å². The zero-order valence-corrected chi connectivity index (χ0v) is 15.6. The maximum absolute atomic E-state index is 12.5. The molecule has 1 heterocycles. The molecule has 1 aromatic carbocycles. The number of likely N-dealkylation sites (tertiary alicyclic amines) is 1. The third kappa shape index (κ3) is 6.29. The number of ether oxygens (including phenoxy) is 1. The van der Waals surface area contributed by atoms with Crippen LogP contribution >= 0.6 is 0 Å². The van der Waals surface area contributed by atoms with Crippen LogP contribution in [-0.2, 0) is 11.2 Å². The summed E-state index contributed by atoms with van der Waals surface area (Å²) in [5.74, 6) is 0.879. The molecule has 2 N–H and O–H groups in total. The van der Waals surface area contributed by atoms with Crippen molar-refractivity contribution in [3.63, 3.8) is 0 Å². The van der Waals surface area contributed by atoms with Crippen LogP contribution in [0.25, 0.3) is 0 Å². The highest BCUT2D eigenvalue weighted by Crippen LogP contribution is 2.16. The number of piperidine rings is 1. The van der Waals surface area contributed by atoms with E-state index >= 15 is 0 Å². The quantitative estimate of drug-likeness (QED) is 0.878. The van der Waals surface area contributed by atoms with Gasteiger partial charge in [-0.05, 0) is 51.3 Å². The van der Waals surface area contributed by atoms with E-state index in [2.05, 4.69) is 10.6 Å². The maximum atomic E-state index is 12.5. The third-order valence-corrected chi connectivity index (χ3v) is 4.16. The van der Waals surface area contributed by atoms with Gasteiger partial charge >= 0.3 is 6.03 Å². The topological polar surface area (TPSA) is 70.7 Å². The van der Waals surface area contributed by atoms with E-state index < -0.39 is 0 Å². The molecule has 6 heteroatoms. The highest BCUT2D eigenvalue weighted by atomic mass is 16.5. The Balaban J connectivity index is 1.79. The highest BCUT2D eigenvalue weighted by Gasteiger charge is 2.24. The number of nitrogens with one attached hydrogen (secondary N) is 2. The molecule has 0 atom stereocenters. The van der Waals surface area contributed by atoms with E-state index in [1.165, 1.54) is 0 Å². The van der Waals surface area contributed by atoms with Gasteiger partial charge in [0.1, 0.15) is 5.75 Å². The SMILES string of the molecule is COc1cccc(CC(=O)N2CCC(NC(=O)NC(C)(C)C)CC2)c1. The summed E-state index contributed by atoms with van der Waals surface area (Å²) in [6.45, 7) is 7.19. The lowest BCUT2D eigenvalue weighted by molar-refractivity contribution is -0.131. The minimum atomic E-state index is -0.252. The first-order valence-electron chi connectivity index (χ1n) is 8.76. The van der Waals surface area contributed by atoms with Crippen LogP contribution in [0.15, 0.2) is 24.3 Å². The van der Waals surface area contributed by atoms with Gasteiger partial charge in [-0.15, -0.1) is 0 Å². The monoisotopic (exact) mass is 347 g/mol. The van der Waals surface area contributed by atoms with Crippen LogP contribution in [0.5, 0.6) is 5.75 Å². The molecule has 1 aromatic rings. The Morgan fingerprint density at radius 3 is 2.52 bits per heavy atom. The molecular formula is C19H29N3O3. The van der Waals surface area contributed by atoms with E-state index in [0.717, 1.165) is 24.2 Å². The Morgan fingerprint density at radius 2 is 1.92 bits per heavy atom. The predicted molar refractivity (Wildman–Crippen MR) is 97.7 cm³/mol. The zero-order valence-electron chi connectivity index (χ0n) is 15.6. The fourth-order valence-electron chi connectivity index (χ4n) is 2.90. The average molecular weight is 347 g/mol. The van der Waals surface area contributed by atoms with E-state index in [-0.39, 0.29) is 23.5 Å². The average Bonchev–Trinajstić information content (AvgIpc) is 2.53. The first-order valence-corrected chi connectivity index (χ1v) is 8.76. The molecule has 2 rings (SSSR count). The lowest BCUT2D eigenvalue weighted by Crippen LogP contribution is -2.52. The van der Waals surface area contributed by atoms with Crippen LogP contribution in [0, 0.1) is 0 Å². The molecule has 1 fully saturated rings. The summed E-state index contributed by atoms with van der Waals surface area (Å²) in [6, 6.07) is 7.56. The minimum absolute atomic E-state index is 0.114. The number of urea groups is 1. The first-order chi connectivity index (χ1) is 11.8. The number of benzene rings is 1. The number of hydrogen-bond acceptors (Lipinski definition) is 3. The van der Waals surface area contributed by atoms with Crippen LogP contribution in [0.1, 0.15) is 39.2 Å². The van der Waals surface area contributed by atoms with Gasteiger partial charge in [-0.3, -0.25) is 4.79 Å². The predicted octanol–water partition coefficient (Wildman–Crippen LogP) is 2.33. The van der Waals surface area contributed by atoms with Crippen molar-refractivity contribution in [2.24, 2.45) is 0 Å². The zero-order chi connectivity index (χ0) is 18.4. The number of rotatable bonds is 4. The molecule has 0 bridgehead atoms. The lowest BCUT2D eigenvalue weighted by atomic mass is 10.0. The van der Waals surface area contributed by atoms with Crippen molar-refractivity contribution < 1.29 is 14.3 Å². The first kappa shape index (κ1) is 19.1. The Labute approximate surface area is 149 Å². The molecule has 0 aromatic heterocycles. The lowest BCUT2D eigenvalue weighted by Gasteiger charge is -2.33. The molecule has 1 aliphatic rings. The smallest absolute Gasteiger partial charge is 0.315 e. The van der Waals surface area contributed by atoms with Crippen molar-refractivity contribution in [2.45, 2.75) is 51.6 Å². The van der Waals surface area contributed by atoms with Gasteiger partial charge in [-0.2, -0.15) is 0 Å². The van der Waals surface area contributed by atoms with Crippen molar-refractivity contribution in [1.82, 2.24) is 15.5 Å². The molecule has 1 saturated heterocycles. The number of nitrogens with zero attached hydrogens (tertiary/aromatic N) is 1. The fourth-order valence-corrected chi connectivity index (χ4v) is 2.90. The standard InChI is InChI=1S/C19H29N3O3/c1-19(2,3)21-18(24)20-15-8-10-22(11-9-15)17(23)13-14-6-5-7-16(12-14)25-4/h5-7,12,15H,8-11,13H2,1-4H3,(H2,20,21,24).